The molecule has 16 heteroatoms. The Morgan fingerprint density at radius 2 is 0.590 bits per heavy atom. The summed E-state index contributed by atoms with van der Waals surface area (Å²) in [5.41, 5.74) is 34.4. The summed E-state index contributed by atoms with van der Waals surface area (Å²) >= 11 is 0. The van der Waals surface area contributed by atoms with Crippen molar-refractivity contribution < 1.29 is 0 Å². The minimum atomic E-state index is 0.687. The van der Waals surface area contributed by atoms with Gasteiger partial charge in [-0.3, -0.25) is 14.7 Å². The van der Waals surface area contributed by atoms with Gasteiger partial charge in [-0.25, -0.2) is 0 Å². The average molecular weight is 875 g/mol. The maximum Gasteiger partial charge on any atom is 0.0110 e. The van der Waals surface area contributed by atoms with Gasteiger partial charge in [0.2, 0.25) is 0 Å². The van der Waals surface area contributed by atoms with E-state index in [9.17, 15) is 0 Å². The smallest absolute Gasteiger partial charge is 0.0110 e. The van der Waals surface area contributed by atoms with Gasteiger partial charge in [0.05, 0.1) is 0 Å². The minimum Gasteiger partial charge on any atom is -0.329 e. The highest BCUT2D eigenvalue weighted by molar-refractivity contribution is 4.71. The SMILES string of the molecule is CCCCCCN(CCN(CCN)CCN)CCN(CCNCCN)CCNCCN(CCC)CCN.CCCCN(CCCCCNC)CCN(CCN)CCNCCN. The lowest BCUT2D eigenvalue weighted by Gasteiger charge is -2.30. The zero-order valence-electron chi connectivity index (χ0n) is 41.1. The molecule has 0 radical (unpaired) electrons. The van der Waals surface area contributed by atoms with Crippen molar-refractivity contribution in [1.82, 2.24) is 50.7 Å². The van der Waals surface area contributed by atoms with Crippen LogP contribution in [0.2, 0.25) is 0 Å². The summed E-state index contributed by atoms with van der Waals surface area (Å²) in [6.45, 7) is 37.3. The second-order valence-electron chi connectivity index (χ2n) is 16.6. The molecule has 0 fully saturated rings. The summed E-state index contributed by atoms with van der Waals surface area (Å²) in [4.78, 5) is 15.2. The van der Waals surface area contributed by atoms with Crippen LogP contribution in [-0.2, 0) is 0 Å². The molecule has 0 unspecified atom stereocenters. The Hall–Kier alpha value is -0.640. The van der Waals surface area contributed by atoms with E-state index in [0.717, 1.165) is 157 Å². The Labute approximate surface area is 379 Å². The minimum absolute atomic E-state index is 0.687. The number of nitrogens with zero attached hydrogens (tertiary/aromatic N) is 6. The summed E-state index contributed by atoms with van der Waals surface area (Å²) in [6, 6.07) is 0. The number of hydrogen-bond donors (Lipinski definition) is 10. The van der Waals surface area contributed by atoms with Crippen LogP contribution < -0.4 is 55.7 Å². The van der Waals surface area contributed by atoms with Crippen LogP contribution in [0.4, 0.5) is 0 Å². The van der Waals surface area contributed by atoms with E-state index in [1.165, 1.54) is 83.8 Å². The molecule has 0 aromatic rings. The summed E-state index contributed by atoms with van der Waals surface area (Å²) in [7, 11) is 2.03. The quantitative estimate of drug-likeness (QED) is 0.0348. The van der Waals surface area contributed by atoms with E-state index in [-0.39, 0.29) is 0 Å². The van der Waals surface area contributed by atoms with Crippen LogP contribution in [0.5, 0.6) is 0 Å². The second kappa shape index (κ2) is 52.0. The maximum atomic E-state index is 5.83. The molecule has 61 heavy (non-hydrogen) atoms. The molecule has 0 amide bonds. The number of unbranched alkanes of at least 4 members (excludes halogenated alkanes) is 6. The van der Waals surface area contributed by atoms with Gasteiger partial charge >= 0.3 is 0 Å². The first kappa shape index (κ1) is 62.4. The van der Waals surface area contributed by atoms with Crippen LogP contribution in [0.25, 0.3) is 0 Å². The molecule has 0 aliphatic carbocycles. The van der Waals surface area contributed by atoms with Crippen molar-refractivity contribution in [3.05, 3.63) is 0 Å². The predicted octanol–water partition coefficient (Wildman–Crippen LogP) is -0.514. The van der Waals surface area contributed by atoms with Crippen molar-refractivity contribution in [1.29, 1.82) is 0 Å². The summed E-state index contributed by atoms with van der Waals surface area (Å²) in [5.74, 6) is 0. The third-order valence-corrected chi connectivity index (χ3v) is 11.1. The molecular formula is C45H110N16. The molecule has 370 valence electrons. The topological polar surface area (TPSA) is 224 Å². The van der Waals surface area contributed by atoms with Gasteiger partial charge in [-0.05, 0) is 71.9 Å². The first-order valence-electron chi connectivity index (χ1n) is 25.2. The lowest BCUT2D eigenvalue weighted by molar-refractivity contribution is 0.175. The largest absolute Gasteiger partial charge is 0.329 e. The van der Waals surface area contributed by atoms with Crippen molar-refractivity contribution in [2.24, 2.45) is 34.4 Å². The molecule has 0 aliphatic rings. The maximum absolute atomic E-state index is 5.83. The van der Waals surface area contributed by atoms with Crippen molar-refractivity contribution >= 4 is 0 Å². The van der Waals surface area contributed by atoms with Crippen molar-refractivity contribution in [3.63, 3.8) is 0 Å². The van der Waals surface area contributed by atoms with E-state index in [4.69, 9.17) is 34.4 Å². The average Bonchev–Trinajstić information content (AvgIpc) is 3.26. The van der Waals surface area contributed by atoms with Crippen LogP contribution in [-0.4, -0.2) is 239 Å². The Morgan fingerprint density at radius 1 is 0.262 bits per heavy atom. The van der Waals surface area contributed by atoms with Gasteiger partial charge in [0.25, 0.3) is 0 Å². The van der Waals surface area contributed by atoms with Gasteiger partial charge in [-0.15, -0.1) is 0 Å². The number of hydrogen-bond acceptors (Lipinski definition) is 16. The number of nitrogens with two attached hydrogens (primary N) is 6. The lowest BCUT2D eigenvalue weighted by atomic mass is 10.2. The summed E-state index contributed by atoms with van der Waals surface area (Å²) in [5, 5.41) is 13.7. The molecule has 0 saturated carbocycles. The normalized spacial score (nSPS) is 12.0. The zero-order valence-corrected chi connectivity index (χ0v) is 41.1. The van der Waals surface area contributed by atoms with Gasteiger partial charge in [0, 0.05) is 170 Å². The Bertz CT molecular complexity index is 792. The summed E-state index contributed by atoms with van der Waals surface area (Å²) < 4.78 is 0. The van der Waals surface area contributed by atoms with Crippen molar-refractivity contribution in [3.8, 4) is 0 Å². The first-order chi connectivity index (χ1) is 29.9. The van der Waals surface area contributed by atoms with Gasteiger partial charge in [0.1, 0.15) is 0 Å². The molecular weight excluding hydrogens is 765 g/mol. The second-order valence-corrected chi connectivity index (χ2v) is 16.6. The van der Waals surface area contributed by atoms with Gasteiger partial charge < -0.3 is 70.4 Å². The molecule has 16 nitrogen and oxygen atoms in total. The summed E-state index contributed by atoms with van der Waals surface area (Å²) in [6.07, 6.45) is 12.8. The lowest BCUT2D eigenvalue weighted by Crippen LogP contribution is -2.45. The molecule has 0 saturated heterocycles. The van der Waals surface area contributed by atoms with E-state index in [2.05, 4.69) is 71.4 Å². The van der Waals surface area contributed by atoms with E-state index in [0.29, 0.717) is 26.2 Å². The Balaban J connectivity index is 0. The molecule has 0 heterocycles. The van der Waals surface area contributed by atoms with E-state index in [1.54, 1.807) is 0 Å². The van der Waals surface area contributed by atoms with Crippen LogP contribution in [0.15, 0.2) is 0 Å². The zero-order chi connectivity index (χ0) is 45.3. The van der Waals surface area contributed by atoms with Crippen LogP contribution >= 0.6 is 0 Å². The number of rotatable bonds is 49. The third-order valence-electron chi connectivity index (χ3n) is 11.1. The van der Waals surface area contributed by atoms with E-state index < -0.39 is 0 Å². The molecule has 0 atom stereocenters. The molecule has 0 spiro atoms. The highest BCUT2D eigenvalue weighted by atomic mass is 15.2. The predicted molar refractivity (Wildman–Crippen MR) is 269 cm³/mol. The van der Waals surface area contributed by atoms with Crippen LogP contribution in [0.1, 0.15) is 85.0 Å². The van der Waals surface area contributed by atoms with E-state index in [1.807, 2.05) is 7.05 Å². The Morgan fingerprint density at radius 3 is 0.967 bits per heavy atom. The molecule has 0 aliphatic heterocycles. The van der Waals surface area contributed by atoms with Gasteiger partial charge in [0.15, 0.2) is 0 Å². The van der Waals surface area contributed by atoms with Gasteiger partial charge in [-0.2, -0.15) is 0 Å². The van der Waals surface area contributed by atoms with E-state index >= 15 is 0 Å². The highest BCUT2D eigenvalue weighted by Gasteiger charge is 2.13. The standard InChI is InChI=1S/C27H66N10.C18H44N6/c1-3-5-6-7-17-35(24-26-36(19-10-30)20-11-31)25-27-37(22-13-32-12-8-28)23-15-33-14-21-34(16-4-2)18-9-29;1-3-4-13-23(14-7-5-6-10-21-2)17-18-24(15-9-20)16-12-22-11-8-19/h32-33H,3-31H2,1-2H3;21-22H,3-20H2,1-2H3. The molecule has 0 rings (SSSR count). The first-order valence-corrected chi connectivity index (χ1v) is 25.2. The molecule has 0 bridgehead atoms. The van der Waals surface area contributed by atoms with Gasteiger partial charge in [-0.1, -0.05) is 52.9 Å². The number of nitrogens with one attached hydrogen (secondary N) is 4. The van der Waals surface area contributed by atoms with Crippen molar-refractivity contribution in [2.75, 3.05) is 210 Å². The molecule has 16 N–H and O–H groups in total. The Kier molecular flexibility index (Phi) is 53.2. The molecule has 0 aromatic heterocycles. The fourth-order valence-corrected chi connectivity index (χ4v) is 7.39. The monoisotopic (exact) mass is 875 g/mol. The van der Waals surface area contributed by atoms with Crippen LogP contribution in [0, 0.1) is 0 Å². The van der Waals surface area contributed by atoms with Crippen LogP contribution in [0.3, 0.4) is 0 Å². The fourth-order valence-electron chi connectivity index (χ4n) is 7.39. The van der Waals surface area contributed by atoms with Crippen molar-refractivity contribution in [2.45, 2.75) is 85.0 Å². The fraction of sp³-hybridized carbons (Fsp3) is 1.00. The highest BCUT2D eigenvalue weighted by Crippen LogP contribution is 2.04. The third kappa shape index (κ3) is 44.4. The molecule has 0 aromatic carbocycles.